The van der Waals surface area contributed by atoms with Gasteiger partial charge in [-0.1, -0.05) is 15.9 Å². The SMILES string of the molecule is CC(=O)O[C@@H]1[C@@H](OC(C)=O)[C@@H](C)O[C@H](Br)[C@H]1OC(C)=O. The largest absolute Gasteiger partial charge is 0.456 e. The lowest BCUT2D eigenvalue weighted by molar-refractivity contribution is -0.227. The van der Waals surface area contributed by atoms with Crippen LogP contribution >= 0.6 is 15.9 Å². The molecule has 0 saturated carbocycles. The number of esters is 3. The Hall–Kier alpha value is -1.15. The molecule has 0 aromatic heterocycles. The molecular formula is C12H17BrO7. The number of carbonyl (C=O) groups is 3. The molecule has 0 aliphatic carbocycles. The van der Waals surface area contributed by atoms with E-state index >= 15 is 0 Å². The van der Waals surface area contributed by atoms with Crippen molar-refractivity contribution in [3.63, 3.8) is 0 Å². The molecular weight excluding hydrogens is 336 g/mol. The van der Waals surface area contributed by atoms with Gasteiger partial charge < -0.3 is 18.9 Å². The maximum absolute atomic E-state index is 11.2. The number of alkyl halides is 1. The van der Waals surface area contributed by atoms with Gasteiger partial charge in [0.25, 0.3) is 0 Å². The fourth-order valence-corrected chi connectivity index (χ4v) is 2.70. The number of hydrogen-bond donors (Lipinski definition) is 0. The van der Waals surface area contributed by atoms with E-state index in [0.29, 0.717) is 0 Å². The molecule has 8 heteroatoms. The number of carbonyl (C=O) groups excluding carboxylic acids is 3. The fourth-order valence-electron chi connectivity index (χ4n) is 1.96. The minimum Gasteiger partial charge on any atom is -0.456 e. The Balaban J connectivity index is 3.01. The molecule has 1 heterocycles. The summed E-state index contributed by atoms with van der Waals surface area (Å²) in [7, 11) is 0. The average Bonchev–Trinajstić information content (AvgIpc) is 2.27. The maximum atomic E-state index is 11.2. The van der Waals surface area contributed by atoms with Crippen LogP contribution in [-0.2, 0) is 33.3 Å². The summed E-state index contributed by atoms with van der Waals surface area (Å²) in [6.45, 7) is 5.35. The van der Waals surface area contributed by atoms with Crippen molar-refractivity contribution in [2.24, 2.45) is 0 Å². The van der Waals surface area contributed by atoms with Gasteiger partial charge in [-0.25, -0.2) is 0 Å². The highest BCUT2D eigenvalue weighted by molar-refractivity contribution is 9.09. The van der Waals surface area contributed by atoms with Gasteiger partial charge in [-0.05, 0) is 6.92 Å². The van der Waals surface area contributed by atoms with Gasteiger partial charge in [-0.2, -0.15) is 0 Å². The van der Waals surface area contributed by atoms with E-state index in [1.54, 1.807) is 6.92 Å². The van der Waals surface area contributed by atoms with Crippen molar-refractivity contribution in [2.75, 3.05) is 0 Å². The highest BCUT2D eigenvalue weighted by atomic mass is 79.9. The van der Waals surface area contributed by atoms with Gasteiger partial charge in [-0.3, -0.25) is 14.4 Å². The van der Waals surface area contributed by atoms with Crippen LogP contribution in [0.15, 0.2) is 0 Å². The molecule has 20 heavy (non-hydrogen) atoms. The molecule has 0 bridgehead atoms. The molecule has 7 nitrogen and oxygen atoms in total. The summed E-state index contributed by atoms with van der Waals surface area (Å²) in [6.07, 6.45) is -3.22. The molecule has 0 amide bonds. The van der Waals surface area contributed by atoms with E-state index in [1.165, 1.54) is 20.8 Å². The van der Waals surface area contributed by atoms with E-state index in [0.717, 1.165) is 0 Å². The number of ether oxygens (including phenoxy) is 4. The van der Waals surface area contributed by atoms with Crippen molar-refractivity contribution in [3.05, 3.63) is 0 Å². The molecule has 5 atom stereocenters. The molecule has 1 aliphatic rings. The Bertz CT molecular complexity index is 369. The van der Waals surface area contributed by atoms with E-state index in [4.69, 9.17) is 18.9 Å². The topological polar surface area (TPSA) is 88.1 Å². The van der Waals surface area contributed by atoms with Crippen LogP contribution in [0.3, 0.4) is 0 Å². The van der Waals surface area contributed by atoms with Crippen molar-refractivity contribution < 1.29 is 33.3 Å². The number of hydrogen-bond acceptors (Lipinski definition) is 7. The van der Waals surface area contributed by atoms with Gasteiger partial charge in [0.15, 0.2) is 23.3 Å². The maximum Gasteiger partial charge on any atom is 0.303 e. The minimum absolute atomic E-state index is 0.528. The molecule has 0 aromatic carbocycles. The smallest absolute Gasteiger partial charge is 0.303 e. The zero-order valence-corrected chi connectivity index (χ0v) is 13.2. The van der Waals surface area contributed by atoms with Gasteiger partial charge >= 0.3 is 17.9 Å². The minimum atomic E-state index is -0.937. The van der Waals surface area contributed by atoms with Crippen LogP contribution in [0, 0.1) is 0 Å². The second kappa shape index (κ2) is 7.03. The molecule has 0 radical (unpaired) electrons. The normalized spacial score (nSPS) is 33.1. The summed E-state index contributed by atoms with van der Waals surface area (Å²) in [5, 5.41) is -0.669. The van der Waals surface area contributed by atoms with Gasteiger partial charge in [0, 0.05) is 20.8 Å². The average molecular weight is 353 g/mol. The summed E-state index contributed by atoms with van der Waals surface area (Å²) in [4.78, 5) is 33.5. The van der Waals surface area contributed by atoms with Crippen LogP contribution in [0.5, 0.6) is 0 Å². The van der Waals surface area contributed by atoms with Crippen molar-refractivity contribution in [1.82, 2.24) is 0 Å². The van der Waals surface area contributed by atoms with E-state index in [2.05, 4.69) is 15.9 Å². The summed E-state index contributed by atoms with van der Waals surface area (Å²) in [5.41, 5.74) is 0. The van der Waals surface area contributed by atoms with Crippen molar-refractivity contribution in [1.29, 1.82) is 0 Å². The van der Waals surface area contributed by atoms with E-state index in [-0.39, 0.29) is 0 Å². The summed E-state index contributed by atoms with van der Waals surface area (Å²) in [5.74, 6) is -1.67. The van der Waals surface area contributed by atoms with Gasteiger partial charge in [0.05, 0.1) is 6.10 Å². The molecule has 114 valence electrons. The molecule has 1 aliphatic heterocycles. The highest BCUT2D eigenvalue weighted by Crippen LogP contribution is 2.31. The predicted octanol–water partition coefficient (Wildman–Crippen LogP) is 0.921. The number of rotatable bonds is 3. The van der Waals surface area contributed by atoms with Gasteiger partial charge in [0.1, 0.15) is 0 Å². The Morgan fingerprint density at radius 2 is 1.25 bits per heavy atom. The van der Waals surface area contributed by atoms with Crippen molar-refractivity contribution in [3.8, 4) is 0 Å². The lowest BCUT2D eigenvalue weighted by Gasteiger charge is -2.41. The zero-order chi connectivity index (χ0) is 15.4. The third kappa shape index (κ3) is 4.45. The Morgan fingerprint density at radius 3 is 1.70 bits per heavy atom. The summed E-state index contributed by atoms with van der Waals surface area (Å²) < 4.78 is 20.9. The monoisotopic (exact) mass is 352 g/mol. The Kier molecular flexibility index (Phi) is 5.94. The Morgan fingerprint density at radius 1 is 0.850 bits per heavy atom. The third-order valence-corrected chi connectivity index (χ3v) is 3.36. The lowest BCUT2D eigenvalue weighted by Crippen LogP contribution is -2.59. The van der Waals surface area contributed by atoms with Crippen molar-refractivity contribution >= 4 is 33.8 Å². The molecule has 1 fully saturated rings. The first-order chi connectivity index (χ1) is 9.22. The molecule has 0 aromatic rings. The Labute approximate surface area is 125 Å². The van der Waals surface area contributed by atoms with E-state index in [9.17, 15) is 14.4 Å². The molecule has 0 spiro atoms. The molecule has 0 unspecified atom stereocenters. The standard InChI is InChI=1S/C12H17BrO7/c1-5-9(18-6(2)14)10(19-7(3)15)11(12(13)17-5)20-8(4)16/h5,9-12H,1-4H3/t5-,9+,10-,11+,12+/m1/s1. The van der Waals surface area contributed by atoms with Crippen LogP contribution in [0.2, 0.25) is 0 Å². The quantitative estimate of drug-likeness (QED) is 0.424. The molecule has 1 saturated heterocycles. The predicted molar refractivity (Wildman–Crippen MR) is 69.9 cm³/mol. The highest BCUT2D eigenvalue weighted by Gasteiger charge is 2.49. The first kappa shape index (κ1) is 16.9. The zero-order valence-electron chi connectivity index (χ0n) is 11.6. The molecule has 0 N–H and O–H groups in total. The van der Waals surface area contributed by atoms with Gasteiger partial charge in [0.2, 0.25) is 0 Å². The first-order valence-corrected chi connectivity index (χ1v) is 6.95. The van der Waals surface area contributed by atoms with Crippen LogP contribution in [0.1, 0.15) is 27.7 Å². The first-order valence-electron chi connectivity index (χ1n) is 6.03. The van der Waals surface area contributed by atoms with Crippen LogP contribution in [-0.4, -0.2) is 47.3 Å². The second-order valence-corrected chi connectivity index (χ2v) is 5.32. The van der Waals surface area contributed by atoms with Crippen LogP contribution in [0.4, 0.5) is 0 Å². The number of halogens is 1. The fraction of sp³-hybridized carbons (Fsp3) is 0.750. The van der Waals surface area contributed by atoms with Crippen LogP contribution < -0.4 is 0 Å². The second-order valence-electron chi connectivity index (χ2n) is 4.41. The van der Waals surface area contributed by atoms with E-state index < -0.39 is 47.3 Å². The lowest BCUT2D eigenvalue weighted by atomic mass is 10.00. The van der Waals surface area contributed by atoms with E-state index in [1.807, 2.05) is 0 Å². The van der Waals surface area contributed by atoms with Gasteiger partial charge in [-0.15, -0.1) is 0 Å². The summed E-state index contributed by atoms with van der Waals surface area (Å²) >= 11 is 3.22. The van der Waals surface area contributed by atoms with Crippen LogP contribution in [0.25, 0.3) is 0 Å². The molecule has 1 rings (SSSR count). The summed E-state index contributed by atoms with van der Waals surface area (Å²) in [6, 6.07) is 0. The van der Waals surface area contributed by atoms with Crippen molar-refractivity contribution in [2.45, 2.75) is 57.1 Å². The third-order valence-electron chi connectivity index (χ3n) is 2.62.